The van der Waals surface area contributed by atoms with Gasteiger partial charge in [-0.05, 0) is 64.6 Å². The van der Waals surface area contributed by atoms with Crippen LogP contribution in [0.3, 0.4) is 0 Å². The lowest BCUT2D eigenvalue weighted by molar-refractivity contribution is -0.124. The molecule has 28 heavy (non-hydrogen) atoms. The van der Waals surface area contributed by atoms with Gasteiger partial charge in [0.2, 0.25) is 0 Å². The van der Waals surface area contributed by atoms with Gasteiger partial charge < -0.3 is 19.7 Å². The van der Waals surface area contributed by atoms with E-state index in [1.165, 1.54) is 12.0 Å². The number of methoxy groups -OCH3 is 2. The van der Waals surface area contributed by atoms with Gasteiger partial charge in [-0.25, -0.2) is 0 Å². The van der Waals surface area contributed by atoms with E-state index in [2.05, 4.69) is 27.9 Å². The molecule has 0 saturated heterocycles. The Morgan fingerprint density at radius 2 is 1.75 bits per heavy atom. The fourth-order valence-corrected chi connectivity index (χ4v) is 3.06. The molecule has 148 valence electrons. The predicted octanol–water partition coefficient (Wildman–Crippen LogP) is 3.82. The van der Waals surface area contributed by atoms with Gasteiger partial charge in [-0.1, -0.05) is 17.7 Å². The Morgan fingerprint density at radius 3 is 2.36 bits per heavy atom. The number of ether oxygens (including phenoxy) is 2. The largest absolute Gasteiger partial charge is 0.493 e. The molecule has 1 N–H and O–H groups in total. The van der Waals surface area contributed by atoms with Gasteiger partial charge in [-0.3, -0.25) is 9.59 Å². The van der Waals surface area contributed by atoms with Crippen molar-refractivity contribution in [3.8, 4) is 11.5 Å². The minimum atomic E-state index is -0.467. The summed E-state index contributed by atoms with van der Waals surface area (Å²) in [5, 5.41) is 2.97. The zero-order valence-corrected chi connectivity index (χ0v) is 18.8. The number of hydrogen-bond acceptors (Lipinski definition) is 4. The van der Waals surface area contributed by atoms with Crippen LogP contribution in [-0.2, 0) is 4.79 Å². The number of halogens is 2. The molecule has 0 radical (unpaired) electrons. The first-order chi connectivity index (χ1) is 13.3. The first-order valence-electron chi connectivity index (χ1n) is 8.18. The van der Waals surface area contributed by atoms with Crippen molar-refractivity contribution in [3.63, 3.8) is 0 Å². The SMILES string of the molecule is COc1ccc(C=C(NC(=O)c2cc(I)ccc2Cl)C(=O)N(C)C)cc1OC. The molecule has 2 aromatic rings. The van der Waals surface area contributed by atoms with Gasteiger partial charge in [0.1, 0.15) is 5.70 Å². The maximum Gasteiger partial charge on any atom is 0.269 e. The average molecular weight is 515 g/mol. The lowest BCUT2D eigenvalue weighted by Crippen LogP contribution is -2.34. The Bertz CT molecular complexity index is 928. The highest BCUT2D eigenvalue weighted by Crippen LogP contribution is 2.28. The number of benzene rings is 2. The lowest BCUT2D eigenvalue weighted by atomic mass is 10.1. The second-order valence-electron chi connectivity index (χ2n) is 5.95. The zero-order chi connectivity index (χ0) is 20.8. The fraction of sp³-hybridized carbons (Fsp3) is 0.200. The van der Waals surface area contributed by atoms with Gasteiger partial charge in [-0.15, -0.1) is 0 Å². The van der Waals surface area contributed by atoms with Crippen LogP contribution in [0.4, 0.5) is 0 Å². The van der Waals surface area contributed by atoms with Crippen LogP contribution in [-0.4, -0.2) is 45.0 Å². The molecule has 0 aliphatic rings. The van der Waals surface area contributed by atoms with E-state index in [0.717, 1.165) is 3.57 Å². The van der Waals surface area contributed by atoms with Crippen LogP contribution < -0.4 is 14.8 Å². The van der Waals surface area contributed by atoms with E-state index < -0.39 is 5.91 Å². The second-order valence-corrected chi connectivity index (χ2v) is 7.60. The summed E-state index contributed by atoms with van der Waals surface area (Å²) in [6.07, 6.45) is 1.57. The fourth-order valence-electron chi connectivity index (χ4n) is 2.36. The molecule has 0 bridgehead atoms. The van der Waals surface area contributed by atoms with Crippen molar-refractivity contribution >= 4 is 52.1 Å². The number of carbonyl (C=O) groups is 2. The Labute approximate surface area is 182 Å². The molecular weight excluding hydrogens is 495 g/mol. The van der Waals surface area contributed by atoms with Crippen LogP contribution in [0.15, 0.2) is 42.1 Å². The third-order valence-electron chi connectivity index (χ3n) is 3.78. The van der Waals surface area contributed by atoms with E-state index in [0.29, 0.717) is 27.6 Å². The first-order valence-corrected chi connectivity index (χ1v) is 9.64. The smallest absolute Gasteiger partial charge is 0.269 e. The second kappa shape index (κ2) is 9.79. The monoisotopic (exact) mass is 514 g/mol. The molecule has 2 aromatic carbocycles. The highest BCUT2D eigenvalue weighted by Gasteiger charge is 2.18. The summed E-state index contributed by atoms with van der Waals surface area (Å²) in [7, 11) is 6.28. The van der Waals surface area contributed by atoms with E-state index >= 15 is 0 Å². The van der Waals surface area contributed by atoms with E-state index in [1.54, 1.807) is 63.7 Å². The van der Waals surface area contributed by atoms with Crippen molar-refractivity contribution in [2.45, 2.75) is 0 Å². The standard InChI is InChI=1S/C20H20ClIN2O4/c1-24(2)20(26)16(9-12-5-8-17(27-3)18(10-12)28-4)23-19(25)14-11-13(22)6-7-15(14)21/h5-11H,1-4H3,(H,23,25). The molecule has 2 rings (SSSR count). The number of hydrogen-bond donors (Lipinski definition) is 1. The molecule has 2 amide bonds. The van der Waals surface area contributed by atoms with Crippen LogP contribution in [0.1, 0.15) is 15.9 Å². The van der Waals surface area contributed by atoms with Gasteiger partial charge in [0, 0.05) is 17.7 Å². The van der Waals surface area contributed by atoms with Crippen molar-refractivity contribution < 1.29 is 19.1 Å². The maximum atomic E-state index is 12.7. The summed E-state index contributed by atoms with van der Waals surface area (Å²) in [5.41, 5.74) is 1.06. The molecule has 0 saturated carbocycles. The Morgan fingerprint density at radius 1 is 1.07 bits per heavy atom. The molecule has 0 spiro atoms. The number of likely N-dealkylation sites (N-methyl/N-ethyl adjacent to an activating group) is 1. The van der Waals surface area contributed by atoms with E-state index in [-0.39, 0.29) is 11.6 Å². The highest BCUT2D eigenvalue weighted by atomic mass is 127. The number of amides is 2. The van der Waals surface area contributed by atoms with Gasteiger partial charge in [0.05, 0.1) is 24.8 Å². The summed E-state index contributed by atoms with van der Waals surface area (Å²) in [6.45, 7) is 0. The topological polar surface area (TPSA) is 67.9 Å². The molecular formula is C20H20ClIN2O4. The van der Waals surface area contributed by atoms with Gasteiger partial charge in [0.25, 0.3) is 11.8 Å². The maximum absolute atomic E-state index is 12.7. The zero-order valence-electron chi connectivity index (χ0n) is 15.9. The van der Waals surface area contributed by atoms with Crippen LogP contribution in [0.2, 0.25) is 5.02 Å². The summed E-state index contributed by atoms with van der Waals surface area (Å²) < 4.78 is 11.4. The molecule has 0 atom stereocenters. The third-order valence-corrected chi connectivity index (χ3v) is 4.78. The minimum Gasteiger partial charge on any atom is -0.493 e. The highest BCUT2D eigenvalue weighted by molar-refractivity contribution is 14.1. The molecule has 0 aliphatic carbocycles. The van der Waals surface area contributed by atoms with Crippen molar-refractivity contribution in [1.29, 1.82) is 0 Å². The van der Waals surface area contributed by atoms with E-state index in [9.17, 15) is 9.59 Å². The van der Waals surface area contributed by atoms with Crippen LogP contribution in [0, 0.1) is 3.57 Å². The Kier molecular flexibility index (Phi) is 7.70. The Balaban J connectivity index is 2.42. The average Bonchev–Trinajstić information content (AvgIpc) is 2.68. The van der Waals surface area contributed by atoms with E-state index in [1.807, 2.05) is 0 Å². The van der Waals surface area contributed by atoms with Gasteiger partial charge >= 0.3 is 0 Å². The Hall–Kier alpha value is -2.26. The number of carbonyl (C=O) groups excluding carboxylic acids is 2. The van der Waals surface area contributed by atoms with Crippen molar-refractivity contribution in [2.75, 3.05) is 28.3 Å². The molecule has 0 aliphatic heterocycles. The van der Waals surface area contributed by atoms with Gasteiger partial charge in [-0.2, -0.15) is 0 Å². The molecule has 0 fully saturated rings. The minimum absolute atomic E-state index is 0.108. The normalized spacial score (nSPS) is 11.0. The van der Waals surface area contributed by atoms with Crippen LogP contribution in [0.25, 0.3) is 6.08 Å². The van der Waals surface area contributed by atoms with Gasteiger partial charge in [0.15, 0.2) is 11.5 Å². The molecule has 0 heterocycles. The molecule has 6 nitrogen and oxygen atoms in total. The summed E-state index contributed by atoms with van der Waals surface area (Å²) in [4.78, 5) is 26.7. The lowest BCUT2D eigenvalue weighted by Gasteiger charge is -2.16. The number of nitrogens with one attached hydrogen (secondary N) is 1. The van der Waals surface area contributed by atoms with Crippen molar-refractivity contribution in [3.05, 3.63) is 61.8 Å². The summed E-state index contributed by atoms with van der Waals surface area (Å²) in [5.74, 6) is 0.255. The number of nitrogens with zero attached hydrogens (tertiary/aromatic N) is 1. The molecule has 0 aromatic heterocycles. The summed E-state index contributed by atoms with van der Waals surface area (Å²) >= 11 is 8.23. The van der Waals surface area contributed by atoms with Crippen LogP contribution in [0.5, 0.6) is 11.5 Å². The number of rotatable bonds is 6. The first kappa shape index (κ1) is 22.0. The van der Waals surface area contributed by atoms with E-state index in [4.69, 9.17) is 21.1 Å². The molecule has 8 heteroatoms. The van der Waals surface area contributed by atoms with Crippen LogP contribution >= 0.6 is 34.2 Å². The predicted molar refractivity (Wildman–Crippen MR) is 118 cm³/mol. The molecule has 0 unspecified atom stereocenters. The van der Waals surface area contributed by atoms with Crippen molar-refractivity contribution in [1.82, 2.24) is 10.2 Å². The quantitative estimate of drug-likeness (QED) is 0.470. The van der Waals surface area contributed by atoms with Crippen molar-refractivity contribution in [2.24, 2.45) is 0 Å². The third kappa shape index (κ3) is 5.39. The summed E-state index contributed by atoms with van der Waals surface area (Å²) in [6, 6.07) is 10.3.